The lowest BCUT2D eigenvalue weighted by Gasteiger charge is -2.04. The zero-order chi connectivity index (χ0) is 14.3. The molecule has 0 saturated carbocycles. The predicted octanol–water partition coefficient (Wildman–Crippen LogP) is 2.06. The molecule has 20 heavy (non-hydrogen) atoms. The minimum atomic E-state index is -0.448. The molecule has 0 spiro atoms. The number of hydrogen-bond donors (Lipinski definition) is 1. The molecule has 0 radical (unpaired) electrons. The van der Waals surface area contributed by atoms with E-state index in [4.69, 9.17) is 0 Å². The number of nitro benzene ring substituents is 1. The minimum absolute atomic E-state index is 0.0230. The Hall–Kier alpha value is -2.15. The Balaban J connectivity index is 2.11. The van der Waals surface area contributed by atoms with E-state index in [2.05, 4.69) is 4.98 Å². The number of nitrogens with zero attached hydrogens (tertiary/aromatic N) is 3. The topological polar surface area (TPSA) is 80.1 Å². The van der Waals surface area contributed by atoms with Crippen molar-refractivity contribution in [3.05, 3.63) is 40.2 Å². The molecule has 1 aliphatic rings. The molecule has 0 fully saturated rings. The molecule has 6 nitrogen and oxygen atoms in total. The lowest BCUT2D eigenvalue weighted by atomic mass is 10.1. The van der Waals surface area contributed by atoms with Crippen molar-refractivity contribution < 1.29 is 14.6 Å². The number of thioether (sulfide) groups is 1. The van der Waals surface area contributed by atoms with Crippen molar-refractivity contribution in [3.63, 3.8) is 0 Å². The van der Waals surface area contributed by atoms with E-state index in [1.54, 1.807) is 23.9 Å². The summed E-state index contributed by atoms with van der Waals surface area (Å²) in [6.45, 7) is 2.73. The molecular weight excluding hydrogens is 278 g/mol. The Morgan fingerprint density at radius 3 is 2.75 bits per heavy atom. The van der Waals surface area contributed by atoms with Crippen LogP contribution in [-0.4, -0.2) is 20.8 Å². The molecule has 2 heterocycles. The average Bonchev–Trinajstić information content (AvgIpc) is 2.93. The second kappa shape index (κ2) is 4.75. The molecule has 1 N–H and O–H groups in total. The summed E-state index contributed by atoms with van der Waals surface area (Å²) in [7, 11) is 0. The molecule has 3 rings (SSSR count). The van der Waals surface area contributed by atoms with Gasteiger partial charge in [-0.05, 0) is 17.1 Å². The molecule has 0 aliphatic carbocycles. The number of rotatable bonds is 2. The van der Waals surface area contributed by atoms with Crippen LogP contribution in [0.2, 0.25) is 0 Å². The Morgan fingerprint density at radius 1 is 1.40 bits per heavy atom. The number of aryl methyl sites for hydroxylation is 1. The largest absolute Gasteiger partial charge is 0.500 e. The monoisotopic (exact) mass is 290 g/mol. The van der Waals surface area contributed by atoms with Crippen LogP contribution >= 0.6 is 11.8 Å². The highest BCUT2D eigenvalue weighted by Gasteiger charge is 2.29. The van der Waals surface area contributed by atoms with Gasteiger partial charge in [0.25, 0.3) is 11.5 Å². The van der Waals surface area contributed by atoms with Gasteiger partial charge in [-0.3, -0.25) is 10.1 Å². The van der Waals surface area contributed by atoms with Crippen molar-refractivity contribution in [1.82, 2.24) is 4.98 Å². The number of nitro groups is 1. The van der Waals surface area contributed by atoms with E-state index in [9.17, 15) is 15.2 Å². The van der Waals surface area contributed by atoms with E-state index < -0.39 is 4.92 Å². The number of aromatic hydroxyl groups is 1. The first-order valence-corrected chi connectivity index (χ1v) is 7.07. The summed E-state index contributed by atoms with van der Waals surface area (Å²) in [6, 6.07) is 6.05. The van der Waals surface area contributed by atoms with Crippen molar-refractivity contribution in [2.75, 3.05) is 5.75 Å². The van der Waals surface area contributed by atoms with E-state index >= 15 is 0 Å². The van der Waals surface area contributed by atoms with Crippen LogP contribution in [0.3, 0.4) is 0 Å². The molecule has 7 heteroatoms. The van der Waals surface area contributed by atoms with Crippen molar-refractivity contribution >= 4 is 17.4 Å². The van der Waals surface area contributed by atoms with Crippen LogP contribution in [0.4, 0.5) is 5.69 Å². The normalized spacial score (nSPS) is 13.2. The van der Waals surface area contributed by atoms with Gasteiger partial charge in [-0.25, -0.2) is 4.57 Å². The van der Waals surface area contributed by atoms with Gasteiger partial charge in [0.05, 0.1) is 4.92 Å². The third kappa shape index (κ3) is 2.00. The van der Waals surface area contributed by atoms with E-state index in [0.29, 0.717) is 11.3 Å². The van der Waals surface area contributed by atoms with Gasteiger partial charge in [0.15, 0.2) is 0 Å². The van der Waals surface area contributed by atoms with Gasteiger partial charge < -0.3 is 5.11 Å². The summed E-state index contributed by atoms with van der Waals surface area (Å²) in [5.74, 6) is 1.89. The quantitative estimate of drug-likeness (QED) is 0.396. The van der Waals surface area contributed by atoms with Gasteiger partial charge in [0.1, 0.15) is 6.54 Å². The van der Waals surface area contributed by atoms with Gasteiger partial charge in [-0.2, -0.15) is 0 Å². The first kappa shape index (κ1) is 12.9. The first-order valence-electron chi connectivity index (χ1n) is 6.09. The van der Waals surface area contributed by atoms with Crippen molar-refractivity contribution in [2.24, 2.45) is 0 Å². The third-order valence-electron chi connectivity index (χ3n) is 3.24. The summed E-state index contributed by atoms with van der Waals surface area (Å²) < 4.78 is 1.98. The average molecular weight is 290 g/mol. The molecule has 1 aromatic heterocycles. The maximum atomic E-state index is 10.7. The highest BCUT2D eigenvalue weighted by Crippen LogP contribution is 2.36. The Morgan fingerprint density at radius 2 is 2.10 bits per heavy atom. The third-order valence-corrected chi connectivity index (χ3v) is 4.32. The van der Waals surface area contributed by atoms with Crippen molar-refractivity contribution in [3.8, 4) is 17.0 Å². The summed E-state index contributed by atoms with van der Waals surface area (Å²) in [6.07, 6.45) is 0. The summed E-state index contributed by atoms with van der Waals surface area (Å²) in [4.78, 5) is 14.6. The van der Waals surface area contributed by atoms with Crippen LogP contribution in [0.15, 0.2) is 29.3 Å². The molecule has 2 aromatic rings. The fourth-order valence-corrected chi connectivity index (χ4v) is 3.32. The van der Waals surface area contributed by atoms with Gasteiger partial charge in [-0.1, -0.05) is 11.8 Å². The maximum Gasteiger partial charge on any atom is 0.297 e. The van der Waals surface area contributed by atoms with Crippen molar-refractivity contribution in [1.29, 1.82) is 0 Å². The molecule has 0 unspecified atom stereocenters. The van der Waals surface area contributed by atoms with Crippen LogP contribution in [0.25, 0.3) is 11.3 Å². The van der Waals surface area contributed by atoms with Crippen LogP contribution in [-0.2, 0) is 6.54 Å². The zero-order valence-corrected chi connectivity index (χ0v) is 11.6. The second-order valence-electron chi connectivity index (χ2n) is 4.47. The molecule has 1 aliphatic heterocycles. The van der Waals surface area contributed by atoms with Crippen LogP contribution in [0, 0.1) is 17.0 Å². The Kier molecular flexibility index (Phi) is 3.06. The Bertz CT molecular complexity index is 701. The first-order chi connectivity index (χ1) is 9.58. The highest BCUT2D eigenvalue weighted by atomic mass is 32.2. The van der Waals surface area contributed by atoms with Gasteiger partial charge in [0, 0.05) is 30.4 Å². The molecular formula is C13H12N3O3S+. The van der Waals surface area contributed by atoms with E-state index in [-0.39, 0.29) is 11.4 Å². The van der Waals surface area contributed by atoms with E-state index in [1.165, 1.54) is 12.1 Å². The fraction of sp³-hybridized carbons (Fsp3) is 0.231. The van der Waals surface area contributed by atoms with E-state index in [1.807, 2.05) is 11.5 Å². The summed E-state index contributed by atoms with van der Waals surface area (Å²) in [5.41, 5.74) is 1.17. The molecule has 1 aromatic carbocycles. The van der Waals surface area contributed by atoms with Crippen LogP contribution in [0.5, 0.6) is 5.75 Å². The number of benzene rings is 1. The zero-order valence-electron chi connectivity index (χ0n) is 10.7. The van der Waals surface area contributed by atoms with Gasteiger partial charge >= 0.3 is 0 Å². The predicted molar refractivity (Wildman–Crippen MR) is 73.6 cm³/mol. The number of non-ortho nitro benzene ring substituents is 1. The number of aromatic nitrogens is 2. The van der Waals surface area contributed by atoms with Crippen molar-refractivity contribution in [2.45, 2.75) is 18.5 Å². The lowest BCUT2D eigenvalue weighted by molar-refractivity contribution is -0.732. The number of fused-ring (bicyclic) bond motifs is 1. The molecule has 102 valence electrons. The molecule has 0 bridgehead atoms. The standard InChI is InChI=1S/C13H11N3O3S/c1-8-14-11(12(17)13-15(8)6-7-20-13)9-2-4-10(5-3-9)16(18)19/h2-5H,6-7H2,1H3/p+1. The molecule has 0 saturated heterocycles. The molecule has 0 atom stereocenters. The van der Waals surface area contributed by atoms with Crippen LogP contribution in [0.1, 0.15) is 5.82 Å². The van der Waals surface area contributed by atoms with Crippen LogP contribution < -0.4 is 4.57 Å². The van der Waals surface area contributed by atoms with E-state index in [0.717, 1.165) is 23.1 Å². The second-order valence-corrected chi connectivity index (χ2v) is 5.55. The minimum Gasteiger partial charge on any atom is -0.500 e. The lowest BCUT2D eigenvalue weighted by Crippen LogP contribution is -2.37. The summed E-state index contributed by atoms with van der Waals surface area (Å²) >= 11 is 1.59. The fourth-order valence-electron chi connectivity index (χ4n) is 2.24. The SMILES string of the molecule is Cc1nc(-c2ccc([N+](=O)[O-])cc2)c(O)c2[n+]1CCS2. The summed E-state index contributed by atoms with van der Waals surface area (Å²) in [5, 5.41) is 21.8. The maximum absolute atomic E-state index is 10.7. The number of hydrogen-bond acceptors (Lipinski definition) is 5. The Labute approximate surface area is 119 Å². The van der Waals surface area contributed by atoms with Gasteiger partial charge in [-0.15, -0.1) is 0 Å². The smallest absolute Gasteiger partial charge is 0.297 e. The highest BCUT2D eigenvalue weighted by molar-refractivity contribution is 7.99. The van der Waals surface area contributed by atoms with Gasteiger partial charge in [0.2, 0.25) is 16.5 Å². The molecule has 0 amide bonds.